The monoisotopic (exact) mass is 465 g/mol. The van der Waals surface area contributed by atoms with Crippen LogP contribution < -0.4 is 20.5 Å². The normalized spacial score (nSPS) is 10.7. The molecule has 3 aromatic rings. The van der Waals surface area contributed by atoms with Gasteiger partial charge in [-0.1, -0.05) is 23.7 Å². The lowest BCUT2D eigenvalue weighted by molar-refractivity contribution is 0.0947. The number of nitrogens with zero attached hydrogens (tertiary/aromatic N) is 4. The van der Waals surface area contributed by atoms with Crippen molar-refractivity contribution in [1.29, 1.82) is 5.26 Å². The lowest BCUT2D eigenvalue weighted by atomic mass is 10.1. The summed E-state index contributed by atoms with van der Waals surface area (Å²) >= 11 is 6.17. The fourth-order valence-corrected chi connectivity index (χ4v) is 3.24. The SMILES string of the molecule is COc1cccc(/C=N/NC(=O)c2nn(-c3ccc(C)c(Cl)c3)c(=O)c(C#N)c2C)c1OC. The number of aromatic nitrogens is 2. The summed E-state index contributed by atoms with van der Waals surface area (Å²) in [6.07, 6.45) is 1.38. The highest BCUT2D eigenvalue weighted by Crippen LogP contribution is 2.29. The van der Waals surface area contributed by atoms with Crippen molar-refractivity contribution < 1.29 is 14.3 Å². The first-order valence-electron chi connectivity index (χ1n) is 9.67. The molecule has 0 aliphatic heterocycles. The van der Waals surface area contributed by atoms with Gasteiger partial charge >= 0.3 is 0 Å². The number of methoxy groups -OCH3 is 2. The average Bonchev–Trinajstić information content (AvgIpc) is 2.81. The predicted octanol–water partition coefficient (Wildman–Crippen LogP) is 3.16. The van der Waals surface area contributed by atoms with Gasteiger partial charge in [0.25, 0.3) is 11.5 Å². The quantitative estimate of drug-likeness (QED) is 0.441. The number of aryl methyl sites for hydroxylation is 1. The number of ether oxygens (including phenoxy) is 2. The van der Waals surface area contributed by atoms with Gasteiger partial charge in [-0.3, -0.25) is 9.59 Å². The minimum Gasteiger partial charge on any atom is -0.493 e. The van der Waals surface area contributed by atoms with E-state index in [1.807, 2.05) is 13.0 Å². The minimum atomic E-state index is -0.700. The molecule has 1 N–H and O–H groups in total. The molecule has 168 valence electrons. The van der Waals surface area contributed by atoms with Crippen molar-refractivity contribution in [2.45, 2.75) is 13.8 Å². The van der Waals surface area contributed by atoms with Crippen molar-refractivity contribution in [1.82, 2.24) is 15.2 Å². The number of nitrogens with one attached hydrogen (secondary N) is 1. The molecular weight excluding hydrogens is 446 g/mol. The molecule has 0 spiro atoms. The molecule has 0 saturated carbocycles. The third-order valence-electron chi connectivity index (χ3n) is 4.87. The van der Waals surface area contributed by atoms with E-state index in [-0.39, 0.29) is 16.8 Å². The Balaban J connectivity index is 1.98. The van der Waals surface area contributed by atoms with E-state index in [1.165, 1.54) is 33.4 Å². The Morgan fingerprint density at radius 1 is 1.24 bits per heavy atom. The minimum absolute atomic E-state index is 0.127. The van der Waals surface area contributed by atoms with Crippen LogP contribution in [0.2, 0.25) is 5.02 Å². The molecule has 1 heterocycles. The van der Waals surface area contributed by atoms with Crippen molar-refractivity contribution in [2.24, 2.45) is 5.10 Å². The molecule has 0 aliphatic carbocycles. The van der Waals surface area contributed by atoms with Gasteiger partial charge in [-0.25, -0.2) is 5.43 Å². The predicted molar refractivity (Wildman–Crippen MR) is 124 cm³/mol. The second kappa shape index (κ2) is 9.97. The fourth-order valence-electron chi connectivity index (χ4n) is 3.07. The van der Waals surface area contributed by atoms with Crippen molar-refractivity contribution in [3.05, 3.63) is 79.7 Å². The van der Waals surface area contributed by atoms with E-state index in [0.29, 0.717) is 27.8 Å². The number of nitriles is 1. The number of carbonyl (C=O) groups is 1. The molecule has 0 bridgehead atoms. The zero-order valence-corrected chi connectivity index (χ0v) is 19.1. The summed E-state index contributed by atoms with van der Waals surface area (Å²) in [4.78, 5) is 25.6. The maximum absolute atomic E-state index is 12.8. The zero-order chi connectivity index (χ0) is 24.1. The highest BCUT2D eigenvalue weighted by atomic mass is 35.5. The van der Waals surface area contributed by atoms with Crippen molar-refractivity contribution in [2.75, 3.05) is 14.2 Å². The Hall–Kier alpha value is -4.16. The van der Waals surface area contributed by atoms with Gasteiger partial charge < -0.3 is 9.47 Å². The van der Waals surface area contributed by atoms with Crippen LogP contribution in [0.5, 0.6) is 11.5 Å². The van der Waals surface area contributed by atoms with E-state index >= 15 is 0 Å². The van der Waals surface area contributed by atoms with Gasteiger partial charge in [0.15, 0.2) is 17.2 Å². The summed E-state index contributed by atoms with van der Waals surface area (Å²) in [7, 11) is 3.00. The van der Waals surface area contributed by atoms with Crippen LogP contribution in [0.15, 0.2) is 46.3 Å². The van der Waals surface area contributed by atoms with E-state index in [0.717, 1.165) is 10.2 Å². The second-order valence-corrected chi connectivity index (χ2v) is 7.30. The summed E-state index contributed by atoms with van der Waals surface area (Å²) in [6, 6.07) is 11.9. The van der Waals surface area contributed by atoms with Crippen LogP contribution in [0, 0.1) is 25.2 Å². The first-order chi connectivity index (χ1) is 15.8. The standard InChI is InChI=1S/C23H20ClN5O4/c1-13-8-9-16(10-18(13)24)29-23(31)17(11-25)14(2)20(28-29)22(30)27-26-12-15-6-5-7-19(32-3)21(15)33-4/h5-10,12H,1-4H3,(H,27,30)/b26-12+. The van der Waals surface area contributed by atoms with Crippen LogP contribution >= 0.6 is 11.6 Å². The van der Waals surface area contributed by atoms with Crippen molar-refractivity contribution in [3.63, 3.8) is 0 Å². The molecule has 0 unspecified atom stereocenters. The summed E-state index contributed by atoms with van der Waals surface area (Å²) in [5.41, 5.74) is 3.22. The molecule has 0 radical (unpaired) electrons. The van der Waals surface area contributed by atoms with Gasteiger partial charge in [-0.2, -0.15) is 20.1 Å². The lowest BCUT2D eigenvalue weighted by Gasteiger charge is -2.11. The maximum atomic E-state index is 12.8. The largest absolute Gasteiger partial charge is 0.493 e. The Morgan fingerprint density at radius 3 is 2.64 bits per heavy atom. The molecular formula is C23H20ClN5O4. The molecule has 1 amide bonds. The molecule has 3 rings (SSSR count). The summed E-state index contributed by atoms with van der Waals surface area (Å²) in [5.74, 6) is 0.255. The summed E-state index contributed by atoms with van der Waals surface area (Å²) in [5, 5.41) is 18.1. The molecule has 9 nitrogen and oxygen atoms in total. The Kier molecular flexibility index (Phi) is 7.10. The van der Waals surface area contributed by atoms with Gasteiger partial charge in [0.05, 0.1) is 26.1 Å². The van der Waals surface area contributed by atoms with Crippen molar-refractivity contribution in [3.8, 4) is 23.3 Å². The van der Waals surface area contributed by atoms with E-state index < -0.39 is 11.5 Å². The Bertz CT molecular complexity index is 1360. The van der Waals surface area contributed by atoms with Crippen LogP contribution in [-0.4, -0.2) is 36.1 Å². The van der Waals surface area contributed by atoms with E-state index in [4.69, 9.17) is 21.1 Å². The molecule has 2 aromatic carbocycles. The number of rotatable bonds is 6. The number of hydrogen-bond donors (Lipinski definition) is 1. The smallest absolute Gasteiger partial charge is 0.292 e. The lowest BCUT2D eigenvalue weighted by Crippen LogP contribution is -2.31. The number of para-hydroxylation sites is 1. The van der Waals surface area contributed by atoms with Gasteiger partial charge in [0.1, 0.15) is 11.6 Å². The number of benzene rings is 2. The van der Waals surface area contributed by atoms with E-state index in [9.17, 15) is 14.9 Å². The molecule has 0 fully saturated rings. The zero-order valence-electron chi connectivity index (χ0n) is 18.3. The average molecular weight is 466 g/mol. The number of amides is 1. The molecule has 10 heteroatoms. The fraction of sp³-hybridized carbons (Fsp3) is 0.174. The van der Waals surface area contributed by atoms with Crippen LogP contribution in [-0.2, 0) is 0 Å². The molecule has 1 aromatic heterocycles. The van der Waals surface area contributed by atoms with Gasteiger partial charge in [0, 0.05) is 16.1 Å². The van der Waals surface area contributed by atoms with E-state index in [1.54, 1.807) is 30.3 Å². The topological polar surface area (TPSA) is 119 Å². The van der Waals surface area contributed by atoms with Crippen LogP contribution in [0.1, 0.15) is 32.7 Å². The van der Waals surface area contributed by atoms with Crippen LogP contribution in [0.25, 0.3) is 5.69 Å². The summed E-state index contributed by atoms with van der Waals surface area (Å²) < 4.78 is 11.5. The van der Waals surface area contributed by atoms with Gasteiger partial charge in [-0.05, 0) is 43.7 Å². The van der Waals surface area contributed by atoms with E-state index in [2.05, 4.69) is 15.6 Å². The molecule has 33 heavy (non-hydrogen) atoms. The second-order valence-electron chi connectivity index (χ2n) is 6.89. The Morgan fingerprint density at radius 2 is 2.00 bits per heavy atom. The third kappa shape index (κ3) is 4.71. The molecule has 0 saturated heterocycles. The first-order valence-corrected chi connectivity index (χ1v) is 10.0. The summed E-state index contributed by atoms with van der Waals surface area (Å²) in [6.45, 7) is 3.29. The molecule has 0 atom stereocenters. The van der Waals surface area contributed by atoms with Gasteiger partial charge in [-0.15, -0.1) is 0 Å². The highest BCUT2D eigenvalue weighted by Gasteiger charge is 2.20. The number of halogens is 1. The Labute approximate surface area is 194 Å². The van der Waals surface area contributed by atoms with Gasteiger partial charge in [0.2, 0.25) is 0 Å². The first kappa shape index (κ1) is 23.5. The third-order valence-corrected chi connectivity index (χ3v) is 5.27. The van der Waals surface area contributed by atoms with Crippen LogP contribution in [0.4, 0.5) is 0 Å². The number of hydrogen-bond acceptors (Lipinski definition) is 7. The highest BCUT2D eigenvalue weighted by molar-refractivity contribution is 6.31. The maximum Gasteiger partial charge on any atom is 0.292 e. The van der Waals surface area contributed by atoms with Crippen LogP contribution in [0.3, 0.4) is 0 Å². The van der Waals surface area contributed by atoms with Crippen molar-refractivity contribution >= 4 is 23.7 Å². The number of hydrazone groups is 1. The molecule has 0 aliphatic rings. The number of carbonyl (C=O) groups excluding carboxylic acids is 1.